The van der Waals surface area contributed by atoms with Gasteiger partial charge in [0.2, 0.25) is 0 Å². The number of rotatable bonds is 8. The summed E-state index contributed by atoms with van der Waals surface area (Å²) >= 11 is 0. The summed E-state index contributed by atoms with van der Waals surface area (Å²) in [5, 5.41) is 9.38. The van der Waals surface area contributed by atoms with Crippen molar-refractivity contribution in [3.8, 4) is 17.2 Å². The molecule has 1 N–H and O–H groups in total. The second-order valence-corrected chi connectivity index (χ2v) is 5.87. The molecule has 3 rings (SSSR count). The van der Waals surface area contributed by atoms with Gasteiger partial charge in [0.25, 0.3) is 0 Å². The Morgan fingerprint density at radius 3 is 2.11 bits per heavy atom. The minimum atomic E-state index is -1.04. The summed E-state index contributed by atoms with van der Waals surface area (Å²) in [5.41, 5.74) is 2.03. The molecule has 138 valence electrons. The number of benzene rings is 3. The van der Waals surface area contributed by atoms with Crippen LogP contribution < -0.4 is 14.2 Å². The quantitative estimate of drug-likeness (QED) is 0.635. The Balaban J connectivity index is 1.70. The van der Waals surface area contributed by atoms with Gasteiger partial charge < -0.3 is 19.3 Å². The van der Waals surface area contributed by atoms with E-state index in [0.717, 1.165) is 16.9 Å². The summed E-state index contributed by atoms with van der Waals surface area (Å²) < 4.78 is 16.6. The highest BCUT2D eigenvalue weighted by molar-refractivity contribution is 5.91. The van der Waals surface area contributed by atoms with E-state index >= 15 is 0 Å². The highest BCUT2D eigenvalue weighted by Gasteiger charge is 2.13. The number of ether oxygens (including phenoxy) is 3. The largest absolute Gasteiger partial charge is 0.497 e. The predicted octanol–water partition coefficient (Wildman–Crippen LogP) is 4.55. The minimum absolute atomic E-state index is 0.0997. The normalized spacial score (nSPS) is 10.3. The molecule has 0 aromatic heterocycles. The molecular formula is C22H20O5. The van der Waals surface area contributed by atoms with E-state index in [-0.39, 0.29) is 17.9 Å². The third kappa shape index (κ3) is 5.01. The number of hydrogen-bond acceptors (Lipinski definition) is 4. The lowest BCUT2D eigenvalue weighted by Crippen LogP contribution is -2.04. The summed E-state index contributed by atoms with van der Waals surface area (Å²) in [7, 11) is 1.62. The van der Waals surface area contributed by atoms with E-state index in [0.29, 0.717) is 12.4 Å². The molecular weight excluding hydrogens is 344 g/mol. The maximum Gasteiger partial charge on any atom is 0.339 e. The Labute approximate surface area is 157 Å². The molecule has 0 fully saturated rings. The summed E-state index contributed by atoms with van der Waals surface area (Å²) in [6, 6.07) is 21.9. The molecule has 0 saturated heterocycles. The van der Waals surface area contributed by atoms with E-state index in [9.17, 15) is 9.90 Å². The molecule has 5 nitrogen and oxygen atoms in total. The van der Waals surface area contributed by atoms with Gasteiger partial charge in [0.1, 0.15) is 36.0 Å². The van der Waals surface area contributed by atoms with Crippen LogP contribution in [-0.2, 0) is 13.2 Å². The zero-order chi connectivity index (χ0) is 19.1. The Morgan fingerprint density at radius 2 is 1.44 bits per heavy atom. The zero-order valence-corrected chi connectivity index (χ0v) is 14.9. The Hall–Kier alpha value is -3.47. The van der Waals surface area contributed by atoms with E-state index in [1.54, 1.807) is 19.2 Å². The first-order chi connectivity index (χ1) is 13.2. The van der Waals surface area contributed by atoms with E-state index in [2.05, 4.69) is 0 Å². The number of methoxy groups -OCH3 is 1. The van der Waals surface area contributed by atoms with Gasteiger partial charge in [-0.1, -0.05) is 42.5 Å². The molecule has 0 aliphatic rings. The fourth-order valence-electron chi connectivity index (χ4n) is 2.51. The summed E-state index contributed by atoms with van der Waals surface area (Å²) in [6.45, 7) is 0.636. The van der Waals surface area contributed by atoms with Gasteiger partial charge in [-0.15, -0.1) is 0 Å². The van der Waals surface area contributed by atoms with Gasteiger partial charge >= 0.3 is 5.97 Å². The number of hydrogen-bond donors (Lipinski definition) is 1. The van der Waals surface area contributed by atoms with E-state index < -0.39 is 5.97 Å². The number of carboxylic acids is 1. The van der Waals surface area contributed by atoms with Crippen molar-refractivity contribution in [3.05, 3.63) is 89.5 Å². The van der Waals surface area contributed by atoms with Gasteiger partial charge in [-0.3, -0.25) is 0 Å². The summed E-state index contributed by atoms with van der Waals surface area (Å²) in [4.78, 5) is 11.5. The van der Waals surface area contributed by atoms with Crippen molar-refractivity contribution in [2.45, 2.75) is 13.2 Å². The first-order valence-corrected chi connectivity index (χ1v) is 8.45. The maximum absolute atomic E-state index is 11.5. The van der Waals surface area contributed by atoms with Crippen LogP contribution in [0.5, 0.6) is 17.2 Å². The average molecular weight is 364 g/mol. The second-order valence-electron chi connectivity index (χ2n) is 5.87. The van der Waals surface area contributed by atoms with Crippen molar-refractivity contribution in [2.75, 3.05) is 7.11 Å². The van der Waals surface area contributed by atoms with Crippen LogP contribution in [0.2, 0.25) is 0 Å². The number of carboxylic acid groups (broad SMARTS) is 1. The fraction of sp³-hybridized carbons (Fsp3) is 0.136. The molecule has 0 unspecified atom stereocenters. The van der Waals surface area contributed by atoms with Gasteiger partial charge in [0.15, 0.2) is 0 Å². The van der Waals surface area contributed by atoms with Crippen LogP contribution in [-0.4, -0.2) is 18.2 Å². The maximum atomic E-state index is 11.5. The van der Waals surface area contributed by atoms with Crippen LogP contribution in [0.25, 0.3) is 0 Å². The van der Waals surface area contributed by atoms with E-state index in [1.165, 1.54) is 6.07 Å². The molecule has 3 aromatic rings. The molecule has 0 atom stereocenters. The summed E-state index contributed by atoms with van der Waals surface area (Å²) in [5.74, 6) is 0.554. The molecule has 27 heavy (non-hydrogen) atoms. The lowest BCUT2D eigenvalue weighted by atomic mass is 10.2. The van der Waals surface area contributed by atoms with Crippen molar-refractivity contribution in [3.63, 3.8) is 0 Å². The van der Waals surface area contributed by atoms with Crippen LogP contribution in [0.1, 0.15) is 21.5 Å². The third-order valence-corrected chi connectivity index (χ3v) is 3.99. The lowest BCUT2D eigenvalue weighted by molar-refractivity contribution is 0.0691. The molecule has 3 aromatic carbocycles. The first-order valence-electron chi connectivity index (χ1n) is 8.45. The predicted molar refractivity (Wildman–Crippen MR) is 102 cm³/mol. The Kier molecular flexibility index (Phi) is 5.94. The third-order valence-electron chi connectivity index (χ3n) is 3.99. The molecule has 0 saturated carbocycles. The zero-order valence-electron chi connectivity index (χ0n) is 14.9. The van der Waals surface area contributed by atoms with Crippen LogP contribution in [0.3, 0.4) is 0 Å². The van der Waals surface area contributed by atoms with Gasteiger partial charge in [-0.25, -0.2) is 4.79 Å². The standard InChI is InChI=1S/C22H20O5/c1-25-18-9-7-17(8-10-18)14-26-19-11-12-20(22(23)24)21(13-19)27-15-16-5-3-2-4-6-16/h2-13H,14-15H2,1H3,(H,23,24). The highest BCUT2D eigenvalue weighted by Crippen LogP contribution is 2.27. The van der Waals surface area contributed by atoms with Crippen LogP contribution in [0.15, 0.2) is 72.8 Å². The Bertz CT molecular complexity index is 888. The monoisotopic (exact) mass is 364 g/mol. The van der Waals surface area contributed by atoms with Gasteiger partial charge in [0, 0.05) is 6.07 Å². The average Bonchev–Trinajstić information content (AvgIpc) is 2.71. The number of carbonyl (C=O) groups is 1. The van der Waals surface area contributed by atoms with Crippen molar-refractivity contribution < 1.29 is 24.1 Å². The molecule has 0 aliphatic carbocycles. The molecule has 0 radical (unpaired) electrons. The minimum Gasteiger partial charge on any atom is -0.497 e. The van der Waals surface area contributed by atoms with Crippen molar-refractivity contribution >= 4 is 5.97 Å². The molecule has 0 spiro atoms. The van der Waals surface area contributed by atoms with Gasteiger partial charge in [-0.05, 0) is 35.4 Å². The van der Waals surface area contributed by atoms with Crippen molar-refractivity contribution in [1.82, 2.24) is 0 Å². The fourth-order valence-corrected chi connectivity index (χ4v) is 2.51. The van der Waals surface area contributed by atoms with Crippen LogP contribution in [0, 0.1) is 0 Å². The molecule has 0 heterocycles. The molecule has 5 heteroatoms. The van der Waals surface area contributed by atoms with Crippen molar-refractivity contribution in [1.29, 1.82) is 0 Å². The van der Waals surface area contributed by atoms with Crippen LogP contribution in [0.4, 0.5) is 0 Å². The smallest absolute Gasteiger partial charge is 0.339 e. The first kappa shape index (κ1) is 18.3. The molecule has 0 amide bonds. The van der Waals surface area contributed by atoms with E-state index in [1.807, 2.05) is 54.6 Å². The van der Waals surface area contributed by atoms with Crippen LogP contribution >= 0.6 is 0 Å². The lowest BCUT2D eigenvalue weighted by Gasteiger charge is -2.12. The molecule has 0 bridgehead atoms. The molecule has 0 aliphatic heterocycles. The number of aromatic carboxylic acids is 1. The summed E-state index contributed by atoms with van der Waals surface area (Å²) in [6.07, 6.45) is 0. The van der Waals surface area contributed by atoms with Crippen molar-refractivity contribution in [2.24, 2.45) is 0 Å². The SMILES string of the molecule is COc1ccc(COc2ccc(C(=O)O)c(OCc3ccccc3)c2)cc1. The topological polar surface area (TPSA) is 65.0 Å². The Morgan fingerprint density at radius 1 is 0.815 bits per heavy atom. The highest BCUT2D eigenvalue weighted by atomic mass is 16.5. The van der Waals surface area contributed by atoms with Gasteiger partial charge in [-0.2, -0.15) is 0 Å². The second kappa shape index (κ2) is 8.76. The van der Waals surface area contributed by atoms with Gasteiger partial charge in [0.05, 0.1) is 7.11 Å². The van der Waals surface area contributed by atoms with E-state index in [4.69, 9.17) is 14.2 Å².